The Hall–Kier alpha value is -2.04. The molecule has 0 bridgehead atoms. The third-order valence-electron chi connectivity index (χ3n) is 3.51. The van der Waals surface area contributed by atoms with E-state index in [9.17, 15) is 4.79 Å². The lowest BCUT2D eigenvalue weighted by Gasteiger charge is -2.15. The Bertz CT molecular complexity index is 607. The largest absolute Gasteiger partial charge is 0.478 e. The fourth-order valence-electron chi connectivity index (χ4n) is 2.38. The maximum atomic E-state index is 11.0. The molecular formula is C16H22N2O3. The predicted molar refractivity (Wildman–Crippen MR) is 82.8 cm³/mol. The first-order valence-corrected chi connectivity index (χ1v) is 7.54. The van der Waals surface area contributed by atoms with Gasteiger partial charge in [-0.1, -0.05) is 33.1 Å². The zero-order chi connectivity index (χ0) is 15.2. The summed E-state index contributed by atoms with van der Waals surface area (Å²) in [6.07, 6.45) is 5.59. The second-order valence-corrected chi connectivity index (χ2v) is 5.28. The number of benzene rings is 1. The first-order chi connectivity index (χ1) is 10.1. The molecule has 0 aliphatic rings. The van der Waals surface area contributed by atoms with Crippen molar-refractivity contribution in [3.05, 3.63) is 23.8 Å². The van der Waals surface area contributed by atoms with Crippen LogP contribution in [0.1, 0.15) is 56.3 Å². The SMILES string of the molecule is CCCCC(CCC)Nc1nc2ccc(C(=O)O)cc2o1. The van der Waals surface area contributed by atoms with Gasteiger partial charge < -0.3 is 14.8 Å². The molecule has 2 N–H and O–H groups in total. The number of unbranched alkanes of at least 4 members (excludes halogenated alkanes) is 1. The molecule has 0 aliphatic carbocycles. The van der Waals surface area contributed by atoms with Crippen molar-refractivity contribution < 1.29 is 14.3 Å². The summed E-state index contributed by atoms with van der Waals surface area (Å²) in [6.45, 7) is 4.34. The Morgan fingerprint density at radius 1 is 1.33 bits per heavy atom. The number of oxazole rings is 1. The van der Waals surface area contributed by atoms with Crippen LogP contribution in [-0.4, -0.2) is 22.1 Å². The quantitative estimate of drug-likeness (QED) is 0.758. The Balaban J connectivity index is 2.15. The fraction of sp³-hybridized carbons (Fsp3) is 0.500. The van der Waals surface area contributed by atoms with Crippen LogP contribution in [0.15, 0.2) is 22.6 Å². The number of nitrogens with one attached hydrogen (secondary N) is 1. The molecular weight excluding hydrogens is 268 g/mol. The van der Waals surface area contributed by atoms with Gasteiger partial charge in [-0.3, -0.25) is 0 Å². The molecule has 0 amide bonds. The topological polar surface area (TPSA) is 75.4 Å². The lowest BCUT2D eigenvalue weighted by molar-refractivity contribution is 0.0697. The molecule has 114 valence electrons. The molecule has 2 aromatic rings. The van der Waals surface area contributed by atoms with Crippen molar-refractivity contribution in [2.24, 2.45) is 0 Å². The lowest BCUT2D eigenvalue weighted by atomic mass is 10.1. The zero-order valence-electron chi connectivity index (χ0n) is 12.6. The van der Waals surface area contributed by atoms with Crippen LogP contribution in [0, 0.1) is 0 Å². The number of carboxylic acids is 1. The maximum Gasteiger partial charge on any atom is 0.335 e. The molecule has 1 aromatic heterocycles. The smallest absolute Gasteiger partial charge is 0.335 e. The van der Waals surface area contributed by atoms with Crippen molar-refractivity contribution in [1.82, 2.24) is 4.98 Å². The maximum absolute atomic E-state index is 11.0. The standard InChI is InChI=1S/C16H22N2O3/c1-3-5-7-12(6-4-2)17-16-18-13-9-8-11(15(19)20)10-14(13)21-16/h8-10,12H,3-7H2,1-2H3,(H,17,18)(H,19,20). The fourth-order valence-corrected chi connectivity index (χ4v) is 2.38. The zero-order valence-corrected chi connectivity index (χ0v) is 12.6. The van der Waals surface area contributed by atoms with Crippen molar-refractivity contribution in [3.63, 3.8) is 0 Å². The van der Waals surface area contributed by atoms with Crippen molar-refractivity contribution in [3.8, 4) is 0 Å². The van der Waals surface area contributed by atoms with Crippen LogP contribution in [0.25, 0.3) is 11.1 Å². The van der Waals surface area contributed by atoms with Crippen LogP contribution in [0.5, 0.6) is 0 Å². The highest BCUT2D eigenvalue weighted by Crippen LogP contribution is 2.22. The predicted octanol–water partition coefficient (Wildman–Crippen LogP) is 4.30. The van der Waals surface area contributed by atoms with Crippen molar-refractivity contribution in [2.75, 3.05) is 5.32 Å². The Labute approximate surface area is 124 Å². The molecule has 0 aliphatic heterocycles. The van der Waals surface area contributed by atoms with Gasteiger partial charge in [0.2, 0.25) is 0 Å². The lowest BCUT2D eigenvalue weighted by Crippen LogP contribution is -2.19. The van der Waals surface area contributed by atoms with Crippen LogP contribution in [-0.2, 0) is 0 Å². The van der Waals surface area contributed by atoms with E-state index in [1.165, 1.54) is 18.6 Å². The minimum absolute atomic E-state index is 0.210. The Morgan fingerprint density at radius 3 is 2.81 bits per heavy atom. The molecule has 1 aromatic carbocycles. The van der Waals surface area contributed by atoms with Gasteiger partial charge in [-0.05, 0) is 31.0 Å². The number of carboxylic acid groups (broad SMARTS) is 1. The average molecular weight is 290 g/mol. The summed E-state index contributed by atoms with van der Waals surface area (Å²) in [4.78, 5) is 15.3. The molecule has 5 nitrogen and oxygen atoms in total. The number of hydrogen-bond acceptors (Lipinski definition) is 4. The van der Waals surface area contributed by atoms with Gasteiger partial charge in [-0.15, -0.1) is 0 Å². The second-order valence-electron chi connectivity index (χ2n) is 5.28. The van der Waals surface area contributed by atoms with Crippen LogP contribution < -0.4 is 5.32 Å². The minimum atomic E-state index is -0.963. The van der Waals surface area contributed by atoms with Gasteiger partial charge in [0.05, 0.1) is 5.56 Å². The second kappa shape index (κ2) is 7.11. The van der Waals surface area contributed by atoms with Gasteiger partial charge in [0.1, 0.15) is 5.52 Å². The van der Waals surface area contributed by atoms with E-state index < -0.39 is 5.97 Å². The third kappa shape index (κ3) is 3.97. The molecule has 5 heteroatoms. The van der Waals surface area contributed by atoms with E-state index in [1.54, 1.807) is 6.07 Å². The number of fused-ring (bicyclic) bond motifs is 1. The van der Waals surface area contributed by atoms with Gasteiger partial charge in [-0.25, -0.2) is 4.79 Å². The van der Waals surface area contributed by atoms with E-state index in [-0.39, 0.29) is 5.56 Å². The number of aromatic carboxylic acids is 1. The first kappa shape index (κ1) is 15.4. The van der Waals surface area contributed by atoms with Gasteiger partial charge in [-0.2, -0.15) is 4.98 Å². The number of rotatable bonds is 8. The number of aromatic nitrogens is 1. The molecule has 21 heavy (non-hydrogen) atoms. The monoisotopic (exact) mass is 290 g/mol. The minimum Gasteiger partial charge on any atom is -0.478 e. The van der Waals surface area contributed by atoms with Crippen LogP contribution in [0.4, 0.5) is 6.01 Å². The molecule has 0 saturated carbocycles. The molecule has 1 atom stereocenters. The molecule has 0 spiro atoms. The number of anilines is 1. The summed E-state index contributed by atoms with van der Waals surface area (Å²) in [5.41, 5.74) is 1.39. The molecule has 0 fully saturated rings. The molecule has 1 heterocycles. The van der Waals surface area contributed by atoms with E-state index in [0.717, 1.165) is 25.7 Å². The molecule has 0 radical (unpaired) electrons. The Morgan fingerprint density at radius 2 is 2.14 bits per heavy atom. The molecule has 0 saturated heterocycles. The first-order valence-electron chi connectivity index (χ1n) is 7.54. The van der Waals surface area contributed by atoms with Gasteiger partial charge in [0.15, 0.2) is 5.58 Å². The van der Waals surface area contributed by atoms with Crippen molar-refractivity contribution in [1.29, 1.82) is 0 Å². The van der Waals surface area contributed by atoms with Crippen LogP contribution >= 0.6 is 0 Å². The van der Waals surface area contributed by atoms with Gasteiger partial charge in [0.25, 0.3) is 6.01 Å². The summed E-state index contributed by atoms with van der Waals surface area (Å²) in [5.74, 6) is -0.963. The number of nitrogens with zero attached hydrogens (tertiary/aromatic N) is 1. The summed E-state index contributed by atoms with van der Waals surface area (Å²) < 4.78 is 5.63. The van der Waals surface area contributed by atoms with E-state index >= 15 is 0 Å². The highest BCUT2D eigenvalue weighted by atomic mass is 16.4. The molecule has 2 rings (SSSR count). The van der Waals surface area contributed by atoms with E-state index in [0.29, 0.717) is 23.2 Å². The van der Waals surface area contributed by atoms with Crippen LogP contribution in [0.2, 0.25) is 0 Å². The summed E-state index contributed by atoms with van der Waals surface area (Å²) >= 11 is 0. The van der Waals surface area contributed by atoms with Gasteiger partial charge >= 0.3 is 5.97 Å². The Kier molecular flexibility index (Phi) is 5.20. The summed E-state index contributed by atoms with van der Waals surface area (Å²) in [5, 5.41) is 12.3. The number of carbonyl (C=O) groups is 1. The van der Waals surface area contributed by atoms with E-state index in [4.69, 9.17) is 9.52 Å². The van der Waals surface area contributed by atoms with E-state index in [2.05, 4.69) is 24.1 Å². The van der Waals surface area contributed by atoms with Crippen LogP contribution in [0.3, 0.4) is 0 Å². The van der Waals surface area contributed by atoms with Gasteiger partial charge in [0, 0.05) is 6.04 Å². The van der Waals surface area contributed by atoms with E-state index in [1.807, 2.05) is 0 Å². The highest BCUT2D eigenvalue weighted by molar-refractivity contribution is 5.92. The molecule has 1 unspecified atom stereocenters. The highest BCUT2D eigenvalue weighted by Gasteiger charge is 2.13. The average Bonchev–Trinajstić information content (AvgIpc) is 2.86. The van der Waals surface area contributed by atoms with Crippen molar-refractivity contribution in [2.45, 2.75) is 52.0 Å². The van der Waals surface area contributed by atoms with Crippen molar-refractivity contribution >= 4 is 23.1 Å². The number of hydrogen-bond donors (Lipinski definition) is 2. The summed E-state index contributed by atoms with van der Waals surface area (Å²) in [7, 11) is 0. The third-order valence-corrected chi connectivity index (χ3v) is 3.51. The normalized spacial score (nSPS) is 12.5. The summed E-state index contributed by atoms with van der Waals surface area (Å²) in [6, 6.07) is 5.55.